The molecular formula is C23H33N5O4. The summed E-state index contributed by atoms with van der Waals surface area (Å²) >= 11 is 0. The Bertz CT molecular complexity index is 999. The zero-order valence-corrected chi connectivity index (χ0v) is 19.3. The molecule has 1 fully saturated rings. The van der Waals surface area contributed by atoms with Crippen LogP contribution >= 0.6 is 0 Å². The van der Waals surface area contributed by atoms with Gasteiger partial charge in [-0.25, -0.2) is 4.98 Å². The Kier molecular flexibility index (Phi) is 6.24. The number of aliphatic hydroxyl groups excluding tert-OH is 3. The molecule has 32 heavy (non-hydrogen) atoms. The normalized spacial score (nSPS) is 26.8. The first-order valence-corrected chi connectivity index (χ1v) is 11.2. The Morgan fingerprint density at radius 3 is 2.50 bits per heavy atom. The quantitative estimate of drug-likeness (QED) is 0.453. The number of hydrogen-bond acceptors (Lipinski definition) is 9. The number of ether oxygens (including phenoxy) is 1. The summed E-state index contributed by atoms with van der Waals surface area (Å²) in [6.45, 7) is 9.68. The second-order valence-electron chi connectivity index (χ2n) is 9.25. The summed E-state index contributed by atoms with van der Waals surface area (Å²) in [6, 6.07) is 1.74. The molecule has 5 N–H and O–H groups in total. The minimum absolute atomic E-state index is 0.148. The number of pyridine rings is 1. The first-order chi connectivity index (χ1) is 15.2. The van der Waals surface area contributed by atoms with Crippen molar-refractivity contribution < 1.29 is 20.1 Å². The molecule has 1 aliphatic carbocycles. The van der Waals surface area contributed by atoms with Crippen LogP contribution < -0.4 is 15.4 Å². The minimum Gasteiger partial charge on any atom is -0.483 e. The van der Waals surface area contributed by atoms with Crippen molar-refractivity contribution in [2.45, 2.75) is 77.9 Å². The van der Waals surface area contributed by atoms with E-state index in [0.29, 0.717) is 24.6 Å². The molecule has 0 bridgehead atoms. The smallest absolute Gasteiger partial charge is 0.225 e. The molecule has 2 aromatic rings. The van der Waals surface area contributed by atoms with Crippen LogP contribution in [-0.4, -0.2) is 61.2 Å². The first kappa shape index (κ1) is 22.7. The van der Waals surface area contributed by atoms with E-state index in [0.717, 1.165) is 34.0 Å². The van der Waals surface area contributed by atoms with Crippen LogP contribution in [0.25, 0.3) is 0 Å². The standard InChI is InChI=1S/C23H33N5O4/c1-10(2)24-23-26-12(4)18(17-8-14-6-11(3)25-13(5)21(14)32-17)22(28-23)27-16-7-15(9-29)19(30)20(16)31/h6,10,15-17,19-20,29-31H,7-9H2,1-5H3,(H2,24,26,27,28). The molecule has 0 saturated heterocycles. The lowest BCUT2D eigenvalue weighted by molar-refractivity contribution is 0.00444. The zero-order chi connectivity index (χ0) is 23.2. The van der Waals surface area contributed by atoms with Crippen molar-refractivity contribution in [3.63, 3.8) is 0 Å². The third-order valence-corrected chi connectivity index (χ3v) is 6.25. The van der Waals surface area contributed by atoms with Gasteiger partial charge in [-0.1, -0.05) is 0 Å². The van der Waals surface area contributed by atoms with Crippen molar-refractivity contribution in [2.24, 2.45) is 5.92 Å². The van der Waals surface area contributed by atoms with Crippen molar-refractivity contribution in [1.29, 1.82) is 0 Å². The molecule has 1 saturated carbocycles. The molecule has 2 aromatic heterocycles. The van der Waals surface area contributed by atoms with Crippen LogP contribution in [0.3, 0.4) is 0 Å². The number of rotatable bonds is 6. The highest BCUT2D eigenvalue weighted by Crippen LogP contribution is 2.42. The van der Waals surface area contributed by atoms with Crippen LogP contribution in [0.5, 0.6) is 5.75 Å². The van der Waals surface area contributed by atoms with Crippen molar-refractivity contribution in [2.75, 3.05) is 17.2 Å². The molecule has 5 atom stereocenters. The van der Waals surface area contributed by atoms with E-state index in [1.165, 1.54) is 0 Å². The molecule has 0 radical (unpaired) electrons. The molecule has 5 unspecified atom stereocenters. The summed E-state index contributed by atoms with van der Waals surface area (Å²) in [6.07, 6.45) is -1.18. The van der Waals surface area contributed by atoms with Gasteiger partial charge in [-0.15, -0.1) is 0 Å². The lowest BCUT2D eigenvalue weighted by Crippen LogP contribution is -2.36. The number of aliphatic hydroxyl groups is 3. The highest BCUT2D eigenvalue weighted by Gasteiger charge is 2.42. The Hall–Kier alpha value is -2.49. The third-order valence-electron chi connectivity index (χ3n) is 6.25. The van der Waals surface area contributed by atoms with Crippen LogP contribution in [0.4, 0.5) is 11.8 Å². The van der Waals surface area contributed by atoms with E-state index in [4.69, 9.17) is 9.72 Å². The van der Waals surface area contributed by atoms with Gasteiger partial charge in [-0.05, 0) is 47.1 Å². The highest BCUT2D eigenvalue weighted by atomic mass is 16.5. The zero-order valence-electron chi connectivity index (χ0n) is 19.3. The fourth-order valence-electron chi connectivity index (χ4n) is 4.78. The number of nitrogens with one attached hydrogen (secondary N) is 2. The fourth-order valence-corrected chi connectivity index (χ4v) is 4.78. The monoisotopic (exact) mass is 443 g/mol. The lowest BCUT2D eigenvalue weighted by Gasteiger charge is -2.24. The maximum Gasteiger partial charge on any atom is 0.225 e. The minimum atomic E-state index is -1.01. The topological polar surface area (TPSA) is 133 Å². The average molecular weight is 444 g/mol. The van der Waals surface area contributed by atoms with Gasteiger partial charge in [0.25, 0.3) is 0 Å². The van der Waals surface area contributed by atoms with Gasteiger partial charge in [-0.3, -0.25) is 4.98 Å². The molecule has 2 aliphatic rings. The molecule has 0 amide bonds. The van der Waals surface area contributed by atoms with Crippen LogP contribution in [-0.2, 0) is 6.42 Å². The van der Waals surface area contributed by atoms with Crippen molar-refractivity contribution in [1.82, 2.24) is 15.0 Å². The molecule has 3 heterocycles. The summed E-state index contributed by atoms with van der Waals surface area (Å²) < 4.78 is 6.32. The van der Waals surface area contributed by atoms with Gasteiger partial charge in [0, 0.05) is 36.2 Å². The maximum atomic E-state index is 10.5. The molecule has 9 nitrogen and oxygen atoms in total. The van der Waals surface area contributed by atoms with E-state index in [1.54, 1.807) is 0 Å². The lowest BCUT2D eigenvalue weighted by atomic mass is 10.0. The Labute approximate surface area is 188 Å². The van der Waals surface area contributed by atoms with E-state index >= 15 is 0 Å². The number of aromatic nitrogens is 3. The molecular weight excluding hydrogens is 410 g/mol. The summed E-state index contributed by atoms with van der Waals surface area (Å²) in [5.41, 5.74) is 4.51. The highest BCUT2D eigenvalue weighted by molar-refractivity contribution is 5.55. The van der Waals surface area contributed by atoms with Crippen molar-refractivity contribution in [3.8, 4) is 5.75 Å². The van der Waals surface area contributed by atoms with Gasteiger partial charge in [0.2, 0.25) is 5.95 Å². The van der Waals surface area contributed by atoms with Crippen LogP contribution in [0.15, 0.2) is 6.07 Å². The SMILES string of the molecule is Cc1cc2c(c(C)n1)OC(c1c(C)nc(NC(C)C)nc1NC1CC(CO)C(O)C1O)C2. The van der Waals surface area contributed by atoms with Gasteiger partial charge < -0.3 is 30.7 Å². The molecule has 9 heteroatoms. The van der Waals surface area contributed by atoms with E-state index in [9.17, 15) is 15.3 Å². The predicted molar refractivity (Wildman–Crippen MR) is 121 cm³/mol. The van der Waals surface area contributed by atoms with Gasteiger partial charge >= 0.3 is 0 Å². The number of anilines is 2. The Morgan fingerprint density at radius 2 is 1.84 bits per heavy atom. The van der Waals surface area contributed by atoms with E-state index < -0.39 is 18.2 Å². The summed E-state index contributed by atoms with van der Waals surface area (Å²) in [5, 5.41) is 36.9. The average Bonchev–Trinajstić information content (AvgIpc) is 3.23. The van der Waals surface area contributed by atoms with Gasteiger partial charge in [0.15, 0.2) is 0 Å². The van der Waals surface area contributed by atoms with Gasteiger partial charge in [-0.2, -0.15) is 4.98 Å². The number of nitrogens with zero attached hydrogens (tertiary/aromatic N) is 3. The number of hydrogen-bond donors (Lipinski definition) is 5. The van der Waals surface area contributed by atoms with Crippen LogP contribution in [0.2, 0.25) is 0 Å². The van der Waals surface area contributed by atoms with Gasteiger partial charge in [0.05, 0.1) is 29.1 Å². The fraction of sp³-hybridized carbons (Fsp3) is 0.609. The predicted octanol–water partition coefficient (Wildman–Crippen LogP) is 1.81. The molecule has 174 valence electrons. The summed E-state index contributed by atoms with van der Waals surface area (Å²) in [7, 11) is 0. The van der Waals surface area contributed by atoms with E-state index in [-0.39, 0.29) is 24.7 Å². The van der Waals surface area contributed by atoms with E-state index in [1.807, 2.05) is 40.7 Å². The third kappa shape index (κ3) is 4.24. The molecule has 1 aliphatic heterocycles. The number of aryl methyl sites for hydroxylation is 3. The first-order valence-electron chi connectivity index (χ1n) is 11.2. The largest absolute Gasteiger partial charge is 0.483 e. The second kappa shape index (κ2) is 8.80. The number of fused-ring (bicyclic) bond motifs is 1. The van der Waals surface area contributed by atoms with Crippen LogP contribution in [0.1, 0.15) is 54.6 Å². The summed E-state index contributed by atoms with van der Waals surface area (Å²) in [5.74, 6) is 1.47. The molecule has 4 rings (SSSR count). The molecule has 0 spiro atoms. The Morgan fingerprint density at radius 1 is 1.09 bits per heavy atom. The van der Waals surface area contributed by atoms with Crippen molar-refractivity contribution in [3.05, 3.63) is 34.3 Å². The van der Waals surface area contributed by atoms with E-state index in [2.05, 4.69) is 20.6 Å². The van der Waals surface area contributed by atoms with Gasteiger partial charge in [0.1, 0.15) is 23.8 Å². The molecule has 0 aromatic carbocycles. The van der Waals surface area contributed by atoms with Crippen LogP contribution in [0, 0.1) is 26.7 Å². The second-order valence-corrected chi connectivity index (χ2v) is 9.25. The maximum absolute atomic E-state index is 10.5. The van der Waals surface area contributed by atoms with Crippen molar-refractivity contribution >= 4 is 11.8 Å². The Balaban J connectivity index is 1.70. The summed E-state index contributed by atoms with van der Waals surface area (Å²) in [4.78, 5) is 13.9.